The van der Waals surface area contributed by atoms with Crippen molar-refractivity contribution in [2.24, 2.45) is 0 Å². The number of halogens is 1. The van der Waals surface area contributed by atoms with Gasteiger partial charge in [0.05, 0.1) is 0 Å². The maximum Gasteiger partial charge on any atom is 0.0207 e. The van der Waals surface area contributed by atoms with Crippen molar-refractivity contribution in [3.05, 3.63) is 33.8 Å². The fourth-order valence-corrected chi connectivity index (χ4v) is 1.36. The summed E-state index contributed by atoms with van der Waals surface area (Å²) in [6.07, 6.45) is 0. The monoisotopic (exact) mass is 212 g/mol. The predicted molar refractivity (Wildman–Crippen MR) is 53.0 cm³/mol. The summed E-state index contributed by atoms with van der Waals surface area (Å²) >= 11 is 3.51. The minimum Gasteiger partial charge on any atom is -0.0587 e. The van der Waals surface area contributed by atoms with Crippen LogP contribution < -0.4 is 0 Å². The lowest BCUT2D eigenvalue weighted by Gasteiger charge is -2.06. The second-order valence-electron chi connectivity index (χ2n) is 3.16. The minimum atomic E-state index is 0.617. The van der Waals surface area contributed by atoms with E-state index in [0.29, 0.717) is 5.92 Å². The summed E-state index contributed by atoms with van der Waals surface area (Å²) in [6.45, 7) is 6.52. The zero-order valence-corrected chi connectivity index (χ0v) is 8.77. The first-order valence-electron chi connectivity index (χ1n) is 3.87. The molecule has 1 heteroatoms. The Morgan fingerprint density at radius 2 is 1.91 bits per heavy atom. The Balaban J connectivity index is 3.05. The highest BCUT2D eigenvalue weighted by Gasteiger charge is 2.00. The van der Waals surface area contributed by atoms with Crippen molar-refractivity contribution in [3.8, 4) is 0 Å². The molecule has 0 unspecified atom stereocenters. The van der Waals surface area contributed by atoms with Crippen LogP contribution in [0.15, 0.2) is 22.7 Å². The van der Waals surface area contributed by atoms with Gasteiger partial charge in [-0.2, -0.15) is 0 Å². The molecule has 0 aromatic heterocycles. The van der Waals surface area contributed by atoms with E-state index in [0.717, 1.165) is 0 Å². The molecule has 1 aromatic rings. The average Bonchev–Trinajstić information content (AvgIpc) is 1.94. The van der Waals surface area contributed by atoms with Gasteiger partial charge in [0.2, 0.25) is 0 Å². The smallest absolute Gasteiger partial charge is 0.0207 e. The third-order valence-electron chi connectivity index (χ3n) is 1.86. The van der Waals surface area contributed by atoms with E-state index >= 15 is 0 Å². The molecule has 0 spiro atoms. The van der Waals surface area contributed by atoms with Crippen LogP contribution in [-0.4, -0.2) is 0 Å². The highest BCUT2D eigenvalue weighted by atomic mass is 79.9. The normalized spacial score (nSPS) is 10.6. The second kappa shape index (κ2) is 3.40. The van der Waals surface area contributed by atoms with Gasteiger partial charge in [-0.25, -0.2) is 0 Å². The quantitative estimate of drug-likeness (QED) is 0.664. The topological polar surface area (TPSA) is 0 Å². The lowest BCUT2D eigenvalue weighted by atomic mass is 10.0. The van der Waals surface area contributed by atoms with E-state index in [1.54, 1.807) is 0 Å². The van der Waals surface area contributed by atoms with Crippen molar-refractivity contribution in [1.82, 2.24) is 0 Å². The zero-order chi connectivity index (χ0) is 8.43. The molecule has 0 aliphatic heterocycles. The Hall–Kier alpha value is -0.300. The number of rotatable bonds is 1. The molecule has 1 rings (SSSR count). The molecule has 0 saturated carbocycles. The molecule has 0 atom stereocenters. The predicted octanol–water partition coefficient (Wildman–Crippen LogP) is 3.88. The molecule has 11 heavy (non-hydrogen) atoms. The molecular formula is C10H13Br. The number of benzene rings is 1. The number of hydrogen-bond donors (Lipinski definition) is 0. The van der Waals surface area contributed by atoms with E-state index in [2.05, 4.69) is 54.9 Å². The molecule has 0 bridgehead atoms. The van der Waals surface area contributed by atoms with Gasteiger partial charge >= 0.3 is 0 Å². The maximum atomic E-state index is 3.51. The summed E-state index contributed by atoms with van der Waals surface area (Å²) < 4.78 is 1.21. The van der Waals surface area contributed by atoms with Crippen LogP contribution in [0.1, 0.15) is 30.9 Å². The van der Waals surface area contributed by atoms with E-state index in [1.165, 1.54) is 15.6 Å². The molecule has 0 N–H and O–H groups in total. The molecular weight excluding hydrogens is 200 g/mol. The average molecular weight is 213 g/mol. The van der Waals surface area contributed by atoms with Crippen molar-refractivity contribution < 1.29 is 0 Å². The Labute approximate surface area is 76.8 Å². The van der Waals surface area contributed by atoms with E-state index < -0.39 is 0 Å². The molecule has 0 saturated heterocycles. The first-order chi connectivity index (χ1) is 5.11. The van der Waals surface area contributed by atoms with Crippen molar-refractivity contribution in [1.29, 1.82) is 0 Å². The summed E-state index contributed by atoms with van der Waals surface area (Å²) in [5, 5.41) is 0. The summed E-state index contributed by atoms with van der Waals surface area (Å²) in [5.74, 6) is 0.617. The van der Waals surface area contributed by atoms with Crippen molar-refractivity contribution in [2.75, 3.05) is 0 Å². The molecule has 0 heterocycles. The third-order valence-corrected chi connectivity index (χ3v) is 2.72. The van der Waals surface area contributed by atoms with E-state index in [-0.39, 0.29) is 0 Å². The lowest BCUT2D eigenvalue weighted by molar-refractivity contribution is 0.865. The van der Waals surface area contributed by atoms with Gasteiger partial charge in [-0.05, 0) is 30.0 Å². The van der Waals surface area contributed by atoms with Gasteiger partial charge in [-0.1, -0.05) is 41.9 Å². The van der Waals surface area contributed by atoms with Crippen molar-refractivity contribution in [2.45, 2.75) is 26.7 Å². The summed E-state index contributed by atoms with van der Waals surface area (Å²) in [6, 6.07) is 6.53. The van der Waals surface area contributed by atoms with E-state index in [9.17, 15) is 0 Å². The van der Waals surface area contributed by atoms with Crippen LogP contribution >= 0.6 is 15.9 Å². The fourth-order valence-electron chi connectivity index (χ4n) is 0.968. The summed E-state index contributed by atoms with van der Waals surface area (Å²) in [7, 11) is 0. The molecule has 0 fully saturated rings. The number of hydrogen-bond acceptors (Lipinski definition) is 0. The van der Waals surface area contributed by atoms with Crippen molar-refractivity contribution in [3.63, 3.8) is 0 Å². The second-order valence-corrected chi connectivity index (χ2v) is 4.02. The fraction of sp³-hybridized carbons (Fsp3) is 0.400. The van der Waals surface area contributed by atoms with Crippen LogP contribution in [0.5, 0.6) is 0 Å². The van der Waals surface area contributed by atoms with Crippen LogP contribution in [0.4, 0.5) is 0 Å². The van der Waals surface area contributed by atoms with Gasteiger partial charge in [0.15, 0.2) is 0 Å². The molecule has 60 valence electrons. The maximum absolute atomic E-state index is 3.51. The van der Waals surface area contributed by atoms with Crippen molar-refractivity contribution >= 4 is 15.9 Å². The summed E-state index contributed by atoms with van der Waals surface area (Å²) in [4.78, 5) is 0. The first-order valence-corrected chi connectivity index (χ1v) is 4.66. The van der Waals surface area contributed by atoms with Gasteiger partial charge in [-0.3, -0.25) is 0 Å². The Morgan fingerprint density at radius 3 is 2.36 bits per heavy atom. The van der Waals surface area contributed by atoms with Gasteiger partial charge in [-0.15, -0.1) is 0 Å². The van der Waals surface area contributed by atoms with Gasteiger partial charge < -0.3 is 0 Å². The molecule has 0 aliphatic carbocycles. The Kier molecular flexibility index (Phi) is 2.72. The lowest BCUT2D eigenvalue weighted by Crippen LogP contribution is -1.87. The van der Waals surface area contributed by atoms with E-state index in [4.69, 9.17) is 0 Å². The standard InChI is InChI=1S/C10H13Br/c1-7(2)9-5-4-8(3)10(11)6-9/h4-7H,1-3H3. The number of aryl methyl sites for hydroxylation is 1. The summed E-state index contributed by atoms with van der Waals surface area (Å²) in [5.41, 5.74) is 2.69. The first kappa shape index (κ1) is 8.79. The van der Waals surface area contributed by atoms with Crippen LogP contribution in [-0.2, 0) is 0 Å². The van der Waals surface area contributed by atoms with Crippen LogP contribution in [0, 0.1) is 6.92 Å². The van der Waals surface area contributed by atoms with Gasteiger partial charge in [0, 0.05) is 4.47 Å². The molecule has 0 radical (unpaired) electrons. The molecule has 0 amide bonds. The highest BCUT2D eigenvalue weighted by molar-refractivity contribution is 9.10. The van der Waals surface area contributed by atoms with Gasteiger partial charge in [0.25, 0.3) is 0 Å². The van der Waals surface area contributed by atoms with Crippen LogP contribution in [0.3, 0.4) is 0 Å². The minimum absolute atomic E-state index is 0.617. The molecule has 0 aliphatic rings. The van der Waals surface area contributed by atoms with Gasteiger partial charge in [0.1, 0.15) is 0 Å². The Bertz CT molecular complexity index is 251. The largest absolute Gasteiger partial charge is 0.0587 e. The Morgan fingerprint density at radius 1 is 1.27 bits per heavy atom. The molecule has 0 nitrogen and oxygen atoms in total. The molecule has 1 aromatic carbocycles. The van der Waals surface area contributed by atoms with E-state index in [1.807, 2.05) is 0 Å². The highest BCUT2D eigenvalue weighted by Crippen LogP contribution is 2.22. The van der Waals surface area contributed by atoms with Crippen LogP contribution in [0.2, 0.25) is 0 Å². The van der Waals surface area contributed by atoms with Crippen LogP contribution in [0.25, 0.3) is 0 Å². The third kappa shape index (κ3) is 2.06. The SMILES string of the molecule is Cc1ccc(C(C)C)cc1Br. The zero-order valence-electron chi connectivity index (χ0n) is 7.19.